The number of rotatable bonds is 5. The molecule has 4 heteroatoms. The number of ether oxygens (including phenoxy) is 1. The molecule has 0 spiro atoms. The predicted octanol–water partition coefficient (Wildman–Crippen LogP) is 2.35. The molecule has 4 nitrogen and oxygen atoms in total. The summed E-state index contributed by atoms with van der Waals surface area (Å²) < 4.78 is 5.55. The quantitative estimate of drug-likeness (QED) is 0.830. The van der Waals surface area contributed by atoms with Crippen LogP contribution in [0.5, 0.6) is 5.75 Å². The van der Waals surface area contributed by atoms with Crippen LogP contribution >= 0.6 is 0 Å². The Hall–Kier alpha value is -1.55. The minimum Gasteiger partial charge on any atom is -0.493 e. The molecular weight excluding hydrogens is 240 g/mol. The van der Waals surface area contributed by atoms with Crippen LogP contribution in [0.4, 0.5) is 0 Å². The van der Waals surface area contributed by atoms with Crippen LogP contribution in [-0.2, 0) is 10.2 Å². The van der Waals surface area contributed by atoms with Gasteiger partial charge < -0.3 is 4.74 Å². The molecule has 0 unspecified atom stereocenters. The van der Waals surface area contributed by atoms with Crippen LogP contribution in [0.1, 0.15) is 32.8 Å². The minimum atomic E-state index is -0.0451. The summed E-state index contributed by atoms with van der Waals surface area (Å²) in [4.78, 5) is 11.4. The summed E-state index contributed by atoms with van der Waals surface area (Å²) in [5.74, 6) is 0.752. The zero-order valence-electron chi connectivity index (χ0n) is 12.5. The van der Waals surface area contributed by atoms with Gasteiger partial charge in [0.2, 0.25) is 5.91 Å². The van der Waals surface area contributed by atoms with Crippen LogP contribution in [0, 0.1) is 0 Å². The topological polar surface area (TPSA) is 41.6 Å². The molecule has 0 fully saturated rings. The summed E-state index contributed by atoms with van der Waals surface area (Å²) >= 11 is 0. The fourth-order valence-electron chi connectivity index (χ4n) is 1.62. The third-order valence-electron chi connectivity index (χ3n) is 2.67. The molecule has 0 saturated heterocycles. The first-order valence-corrected chi connectivity index (χ1v) is 6.49. The second kappa shape index (κ2) is 6.57. The lowest BCUT2D eigenvalue weighted by Crippen LogP contribution is -2.36. The number of hydrogen-bond donors (Lipinski definition) is 1. The van der Waals surface area contributed by atoms with Crippen molar-refractivity contribution in [3.8, 4) is 5.75 Å². The van der Waals surface area contributed by atoms with E-state index in [0.717, 1.165) is 5.75 Å². The highest BCUT2D eigenvalue weighted by atomic mass is 16.5. The lowest BCUT2D eigenvalue weighted by Gasteiger charge is -2.19. The van der Waals surface area contributed by atoms with Crippen molar-refractivity contribution in [2.45, 2.75) is 32.6 Å². The van der Waals surface area contributed by atoms with Gasteiger partial charge in [0.15, 0.2) is 0 Å². The minimum absolute atomic E-state index is 0.0451. The van der Waals surface area contributed by atoms with Gasteiger partial charge in [-0.25, -0.2) is 5.01 Å². The van der Waals surface area contributed by atoms with Gasteiger partial charge in [-0.15, -0.1) is 0 Å². The van der Waals surface area contributed by atoms with Gasteiger partial charge >= 0.3 is 0 Å². The van der Waals surface area contributed by atoms with Gasteiger partial charge in [-0.05, 0) is 23.1 Å². The van der Waals surface area contributed by atoms with Gasteiger partial charge in [0.05, 0.1) is 13.0 Å². The van der Waals surface area contributed by atoms with Crippen LogP contribution in [0.15, 0.2) is 24.3 Å². The third kappa shape index (κ3) is 5.75. The molecule has 0 aliphatic carbocycles. The van der Waals surface area contributed by atoms with Gasteiger partial charge in [-0.1, -0.05) is 32.9 Å². The van der Waals surface area contributed by atoms with Gasteiger partial charge in [0, 0.05) is 14.1 Å². The second-order valence-corrected chi connectivity index (χ2v) is 5.80. The van der Waals surface area contributed by atoms with E-state index in [1.54, 1.807) is 19.1 Å². The van der Waals surface area contributed by atoms with E-state index in [2.05, 4.69) is 38.3 Å². The molecule has 0 aliphatic heterocycles. The molecule has 1 amide bonds. The largest absolute Gasteiger partial charge is 0.493 e. The number of hydrazine groups is 1. The smallest absolute Gasteiger partial charge is 0.237 e. The first-order valence-electron chi connectivity index (χ1n) is 6.49. The molecular formula is C15H24N2O2. The Morgan fingerprint density at radius 1 is 1.21 bits per heavy atom. The number of carbonyl (C=O) groups is 1. The van der Waals surface area contributed by atoms with Crippen molar-refractivity contribution in [2.24, 2.45) is 0 Å². The maximum Gasteiger partial charge on any atom is 0.237 e. The summed E-state index contributed by atoms with van der Waals surface area (Å²) in [6.45, 7) is 6.91. The van der Waals surface area contributed by atoms with Crippen LogP contribution in [-0.4, -0.2) is 31.6 Å². The van der Waals surface area contributed by atoms with Crippen LogP contribution in [0.25, 0.3) is 0 Å². The molecule has 1 aromatic carbocycles. The average molecular weight is 264 g/mol. The highest BCUT2D eigenvalue weighted by Gasteiger charge is 2.13. The summed E-state index contributed by atoms with van der Waals surface area (Å²) in [6.07, 6.45) is 0.346. The number of benzene rings is 1. The lowest BCUT2D eigenvalue weighted by molar-refractivity contribution is -0.125. The van der Waals surface area contributed by atoms with E-state index in [4.69, 9.17) is 4.74 Å². The second-order valence-electron chi connectivity index (χ2n) is 5.80. The Bertz CT molecular complexity index is 405. The molecule has 0 saturated carbocycles. The first kappa shape index (κ1) is 15.5. The molecule has 0 bridgehead atoms. The fourth-order valence-corrected chi connectivity index (χ4v) is 1.62. The van der Waals surface area contributed by atoms with Gasteiger partial charge in [0.25, 0.3) is 0 Å². The van der Waals surface area contributed by atoms with Crippen molar-refractivity contribution >= 4 is 5.91 Å². The van der Waals surface area contributed by atoms with E-state index in [-0.39, 0.29) is 11.3 Å². The Morgan fingerprint density at radius 3 is 2.26 bits per heavy atom. The van der Waals surface area contributed by atoms with Crippen molar-refractivity contribution in [3.05, 3.63) is 29.8 Å². The van der Waals surface area contributed by atoms with Crippen LogP contribution in [0.3, 0.4) is 0 Å². The van der Waals surface area contributed by atoms with E-state index < -0.39 is 0 Å². The number of amides is 1. The van der Waals surface area contributed by atoms with E-state index >= 15 is 0 Å². The number of nitrogens with one attached hydrogen (secondary N) is 1. The van der Waals surface area contributed by atoms with Crippen molar-refractivity contribution in [2.75, 3.05) is 20.7 Å². The Kier molecular flexibility index (Phi) is 5.36. The number of carbonyl (C=O) groups excluding carboxylic acids is 1. The van der Waals surface area contributed by atoms with Crippen molar-refractivity contribution in [1.82, 2.24) is 10.4 Å². The van der Waals surface area contributed by atoms with Crippen LogP contribution in [0.2, 0.25) is 0 Å². The molecule has 0 atom stereocenters. The molecule has 19 heavy (non-hydrogen) atoms. The summed E-state index contributed by atoms with van der Waals surface area (Å²) in [6, 6.07) is 8.03. The molecule has 0 radical (unpaired) electrons. The van der Waals surface area contributed by atoms with Crippen molar-refractivity contribution in [1.29, 1.82) is 0 Å². The van der Waals surface area contributed by atoms with E-state index in [0.29, 0.717) is 13.0 Å². The van der Waals surface area contributed by atoms with Crippen molar-refractivity contribution < 1.29 is 9.53 Å². The highest BCUT2D eigenvalue weighted by molar-refractivity contribution is 5.75. The highest BCUT2D eigenvalue weighted by Crippen LogP contribution is 2.24. The number of hydrogen-bond acceptors (Lipinski definition) is 3. The van der Waals surface area contributed by atoms with E-state index in [1.165, 1.54) is 5.56 Å². The Labute approximate surface area is 115 Å². The molecule has 1 aromatic rings. The fraction of sp³-hybridized carbons (Fsp3) is 0.533. The SMILES string of the molecule is CN(C)NC(=O)CCOc1ccc(C(C)(C)C)cc1. The van der Waals surface area contributed by atoms with Gasteiger partial charge in [0.1, 0.15) is 5.75 Å². The van der Waals surface area contributed by atoms with Gasteiger partial charge in [-0.2, -0.15) is 0 Å². The summed E-state index contributed by atoms with van der Waals surface area (Å²) in [5.41, 5.74) is 4.08. The monoisotopic (exact) mass is 264 g/mol. The first-order chi connectivity index (χ1) is 8.79. The van der Waals surface area contributed by atoms with Crippen molar-refractivity contribution in [3.63, 3.8) is 0 Å². The number of nitrogens with zero attached hydrogens (tertiary/aromatic N) is 1. The van der Waals surface area contributed by atoms with Gasteiger partial charge in [-0.3, -0.25) is 10.2 Å². The summed E-state index contributed by atoms with van der Waals surface area (Å²) in [7, 11) is 3.56. The Morgan fingerprint density at radius 2 is 1.79 bits per heavy atom. The summed E-state index contributed by atoms with van der Waals surface area (Å²) in [5, 5.41) is 1.63. The van der Waals surface area contributed by atoms with E-state index in [9.17, 15) is 4.79 Å². The zero-order chi connectivity index (χ0) is 14.5. The molecule has 1 N–H and O–H groups in total. The standard InChI is InChI=1S/C15H24N2O2/c1-15(2,3)12-6-8-13(9-7-12)19-11-10-14(18)16-17(4)5/h6-9H,10-11H2,1-5H3,(H,16,18). The molecule has 0 heterocycles. The molecule has 106 valence electrons. The predicted molar refractivity (Wildman–Crippen MR) is 77.1 cm³/mol. The molecule has 1 rings (SSSR count). The van der Waals surface area contributed by atoms with E-state index in [1.807, 2.05) is 12.1 Å². The molecule has 0 aromatic heterocycles. The normalized spacial score (nSPS) is 11.5. The maximum absolute atomic E-state index is 11.4. The molecule has 0 aliphatic rings. The zero-order valence-corrected chi connectivity index (χ0v) is 12.5. The maximum atomic E-state index is 11.4. The Balaban J connectivity index is 2.40. The lowest BCUT2D eigenvalue weighted by atomic mass is 9.87. The van der Waals surface area contributed by atoms with Crippen LogP contribution < -0.4 is 10.2 Å². The average Bonchev–Trinajstić information content (AvgIpc) is 2.27. The third-order valence-corrected chi connectivity index (χ3v) is 2.67.